The molecule has 0 saturated carbocycles. The molecule has 0 aromatic heterocycles. The van der Waals surface area contributed by atoms with Gasteiger partial charge < -0.3 is 0 Å². The lowest BCUT2D eigenvalue weighted by Gasteiger charge is -2.15. The standard InChI is InChI=1S/C19H12Cl2F3NO2S/c20-17-8-3-12(9-18(17)21)16-10-13(19(22,23)24)4-7-15(16)11-1-5-14(6-2-11)28(25,26)27/h1-10H,(H2,25,26,27). The summed E-state index contributed by atoms with van der Waals surface area (Å²) in [5, 5.41) is 5.56. The van der Waals surface area contributed by atoms with Crippen LogP contribution in [0.2, 0.25) is 10.0 Å². The van der Waals surface area contributed by atoms with E-state index in [9.17, 15) is 21.6 Å². The molecule has 3 aromatic rings. The van der Waals surface area contributed by atoms with Gasteiger partial charge in [0.2, 0.25) is 10.0 Å². The molecule has 0 aliphatic heterocycles. The van der Waals surface area contributed by atoms with Crippen LogP contribution in [0.15, 0.2) is 65.6 Å². The van der Waals surface area contributed by atoms with Crippen LogP contribution in [-0.4, -0.2) is 8.42 Å². The van der Waals surface area contributed by atoms with Crippen molar-refractivity contribution < 1.29 is 21.6 Å². The maximum Gasteiger partial charge on any atom is 0.416 e. The number of rotatable bonds is 3. The van der Waals surface area contributed by atoms with Crippen LogP contribution >= 0.6 is 23.2 Å². The van der Waals surface area contributed by atoms with E-state index in [1.807, 2.05) is 0 Å². The van der Waals surface area contributed by atoms with E-state index in [2.05, 4.69) is 0 Å². The van der Waals surface area contributed by atoms with Gasteiger partial charge in [0.15, 0.2) is 0 Å². The van der Waals surface area contributed by atoms with Gasteiger partial charge >= 0.3 is 6.18 Å². The van der Waals surface area contributed by atoms with Gasteiger partial charge in [-0.1, -0.05) is 47.5 Å². The van der Waals surface area contributed by atoms with Crippen LogP contribution in [0.25, 0.3) is 22.3 Å². The lowest BCUT2D eigenvalue weighted by molar-refractivity contribution is -0.137. The van der Waals surface area contributed by atoms with Crippen LogP contribution in [0.1, 0.15) is 5.56 Å². The smallest absolute Gasteiger partial charge is 0.225 e. The third-order valence-electron chi connectivity index (χ3n) is 4.07. The van der Waals surface area contributed by atoms with Crippen LogP contribution in [0.4, 0.5) is 13.2 Å². The Morgan fingerprint density at radius 3 is 1.89 bits per heavy atom. The summed E-state index contributed by atoms with van der Waals surface area (Å²) in [4.78, 5) is -0.0979. The molecule has 0 spiro atoms. The summed E-state index contributed by atoms with van der Waals surface area (Å²) in [5.74, 6) is 0. The summed E-state index contributed by atoms with van der Waals surface area (Å²) in [5.41, 5.74) is 0.871. The summed E-state index contributed by atoms with van der Waals surface area (Å²) in [6.07, 6.45) is -4.53. The van der Waals surface area contributed by atoms with Gasteiger partial charge in [-0.3, -0.25) is 0 Å². The zero-order valence-corrected chi connectivity index (χ0v) is 16.3. The van der Waals surface area contributed by atoms with E-state index in [1.54, 1.807) is 6.07 Å². The molecule has 3 aromatic carbocycles. The molecule has 0 heterocycles. The minimum absolute atomic E-state index is 0.0979. The molecule has 0 aliphatic carbocycles. The molecule has 0 bridgehead atoms. The monoisotopic (exact) mass is 445 g/mol. The quantitative estimate of drug-likeness (QED) is 0.537. The van der Waals surface area contributed by atoms with Gasteiger partial charge in [-0.2, -0.15) is 13.2 Å². The first kappa shape index (κ1) is 20.7. The Balaban J connectivity index is 2.21. The molecule has 0 unspecified atom stereocenters. The largest absolute Gasteiger partial charge is 0.416 e. The summed E-state index contributed by atoms with van der Waals surface area (Å²) in [6.45, 7) is 0. The molecule has 0 amide bonds. The highest BCUT2D eigenvalue weighted by atomic mass is 35.5. The third-order valence-corrected chi connectivity index (χ3v) is 5.74. The molecular weight excluding hydrogens is 434 g/mol. The predicted octanol–water partition coefficient (Wildman–Crippen LogP) is 5.99. The van der Waals surface area contributed by atoms with Crippen molar-refractivity contribution in [2.24, 2.45) is 5.14 Å². The minimum atomic E-state index is -4.53. The summed E-state index contributed by atoms with van der Waals surface area (Å²) in [6, 6.07) is 13.4. The van der Waals surface area contributed by atoms with E-state index in [0.29, 0.717) is 16.7 Å². The fourth-order valence-electron chi connectivity index (χ4n) is 2.70. The number of benzene rings is 3. The van der Waals surface area contributed by atoms with E-state index in [-0.39, 0.29) is 20.5 Å². The van der Waals surface area contributed by atoms with Crippen molar-refractivity contribution in [2.75, 3.05) is 0 Å². The van der Waals surface area contributed by atoms with E-state index in [0.717, 1.165) is 12.1 Å². The van der Waals surface area contributed by atoms with Crippen molar-refractivity contribution in [2.45, 2.75) is 11.1 Å². The first-order valence-corrected chi connectivity index (χ1v) is 10.1. The van der Waals surface area contributed by atoms with Gasteiger partial charge in [0.1, 0.15) is 0 Å². The SMILES string of the molecule is NS(=O)(=O)c1ccc(-c2ccc(C(F)(F)F)cc2-c2ccc(Cl)c(Cl)c2)cc1. The van der Waals surface area contributed by atoms with Gasteiger partial charge in [0, 0.05) is 0 Å². The van der Waals surface area contributed by atoms with Crippen LogP contribution in [0.3, 0.4) is 0 Å². The first-order chi connectivity index (χ1) is 13.0. The van der Waals surface area contributed by atoms with Crippen molar-refractivity contribution in [3.8, 4) is 22.3 Å². The van der Waals surface area contributed by atoms with Gasteiger partial charge in [0.05, 0.1) is 20.5 Å². The minimum Gasteiger partial charge on any atom is -0.225 e. The van der Waals surface area contributed by atoms with Crippen LogP contribution in [-0.2, 0) is 16.2 Å². The second-order valence-electron chi connectivity index (χ2n) is 5.96. The molecule has 28 heavy (non-hydrogen) atoms. The number of halogens is 5. The molecule has 3 nitrogen and oxygen atoms in total. The Morgan fingerprint density at radius 1 is 0.750 bits per heavy atom. The first-order valence-electron chi connectivity index (χ1n) is 7.77. The van der Waals surface area contributed by atoms with Crippen molar-refractivity contribution >= 4 is 33.2 Å². The lowest BCUT2D eigenvalue weighted by atomic mass is 9.92. The number of sulfonamides is 1. The van der Waals surface area contributed by atoms with E-state index in [4.69, 9.17) is 28.3 Å². The highest BCUT2D eigenvalue weighted by Crippen LogP contribution is 2.39. The normalized spacial score (nSPS) is 12.2. The van der Waals surface area contributed by atoms with Gasteiger partial charge in [-0.15, -0.1) is 0 Å². The highest BCUT2D eigenvalue weighted by Gasteiger charge is 2.31. The summed E-state index contributed by atoms with van der Waals surface area (Å²) >= 11 is 11.9. The molecular formula is C19H12Cl2F3NO2S. The van der Waals surface area contributed by atoms with Crippen molar-refractivity contribution in [3.63, 3.8) is 0 Å². The Kier molecular flexibility index (Phi) is 5.46. The number of hydrogen-bond donors (Lipinski definition) is 1. The second-order valence-corrected chi connectivity index (χ2v) is 8.33. The van der Waals surface area contributed by atoms with Crippen molar-refractivity contribution in [1.82, 2.24) is 0 Å². The number of primary sulfonamides is 1. The number of hydrogen-bond acceptors (Lipinski definition) is 2. The molecule has 9 heteroatoms. The number of alkyl halides is 3. The molecule has 0 radical (unpaired) electrons. The summed E-state index contributed by atoms with van der Waals surface area (Å²) in [7, 11) is -3.88. The fraction of sp³-hybridized carbons (Fsp3) is 0.0526. The summed E-state index contributed by atoms with van der Waals surface area (Å²) < 4.78 is 62.5. The molecule has 0 atom stereocenters. The lowest BCUT2D eigenvalue weighted by Crippen LogP contribution is -2.11. The van der Waals surface area contributed by atoms with Crippen LogP contribution in [0, 0.1) is 0 Å². The van der Waals surface area contributed by atoms with Gasteiger partial charge in [0.25, 0.3) is 0 Å². The fourth-order valence-corrected chi connectivity index (χ4v) is 3.51. The second kappa shape index (κ2) is 7.40. The average Bonchev–Trinajstić information content (AvgIpc) is 2.62. The Labute approximate surface area is 169 Å². The molecule has 3 rings (SSSR count). The molecule has 146 valence electrons. The molecule has 0 fully saturated rings. The topological polar surface area (TPSA) is 60.2 Å². The zero-order valence-electron chi connectivity index (χ0n) is 14.0. The predicted molar refractivity (Wildman–Crippen MR) is 104 cm³/mol. The van der Waals surface area contributed by atoms with E-state index in [1.165, 1.54) is 42.5 Å². The Morgan fingerprint density at radius 2 is 1.36 bits per heavy atom. The molecule has 2 N–H and O–H groups in total. The van der Waals surface area contributed by atoms with Crippen LogP contribution < -0.4 is 5.14 Å². The van der Waals surface area contributed by atoms with Gasteiger partial charge in [-0.25, -0.2) is 13.6 Å². The third kappa shape index (κ3) is 4.33. The Hall–Kier alpha value is -2.06. The zero-order chi connectivity index (χ0) is 20.7. The maximum absolute atomic E-state index is 13.2. The number of nitrogens with two attached hydrogens (primary N) is 1. The average molecular weight is 446 g/mol. The van der Waals surface area contributed by atoms with E-state index >= 15 is 0 Å². The van der Waals surface area contributed by atoms with Crippen molar-refractivity contribution in [1.29, 1.82) is 0 Å². The Bertz CT molecular complexity index is 1140. The van der Waals surface area contributed by atoms with E-state index < -0.39 is 21.8 Å². The van der Waals surface area contributed by atoms with Gasteiger partial charge in [-0.05, 0) is 58.7 Å². The van der Waals surface area contributed by atoms with Crippen molar-refractivity contribution in [3.05, 3.63) is 76.3 Å². The molecule has 0 saturated heterocycles. The van der Waals surface area contributed by atoms with Crippen LogP contribution in [0.5, 0.6) is 0 Å². The molecule has 0 aliphatic rings. The highest BCUT2D eigenvalue weighted by molar-refractivity contribution is 7.89. The maximum atomic E-state index is 13.2.